The predicted molar refractivity (Wildman–Crippen MR) is 99.2 cm³/mol. The number of ether oxygens (including phenoxy) is 2. The third-order valence-corrected chi connectivity index (χ3v) is 5.60. The summed E-state index contributed by atoms with van der Waals surface area (Å²) in [6.45, 7) is 6.94. The van der Waals surface area contributed by atoms with Crippen LogP contribution < -0.4 is 0 Å². The summed E-state index contributed by atoms with van der Waals surface area (Å²) in [4.78, 5) is 26.1. The molecule has 2 heterocycles. The van der Waals surface area contributed by atoms with Gasteiger partial charge in [-0.3, -0.25) is 4.79 Å². The van der Waals surface area contributed by atoms with E-state index < -0.39 is 6.09 Å². The Kier molecular flexibility index (Phi) is 5.58. The van der Waals surface area contributed by atoms with Gasteiger partial charge in [0.15, 0.2) is 0 Å². The monoisotopic (exact) mass is 379 g/mol. The van der Waals surface area contributed by atoms with Gasteiger partial charge in [0, 0.05) is 18.1 Å². The number of halogens is 1. The van der Waals surface area contributed by atoms with Gasteiger partial charge in [-0.2, -0.15) is 0 Å². The van der Waals surface area contributed by atoms with E-state index in [1.165, 1.54) is 4.90 Å². The Morgan fingerprint density at radius 3 is 2.62 bits per heavy atom. The lowest BCUT2D eigenvalue weighted by Gasteiger charge is -2.39. The van der Waals surface area contributed by atoms with Crippen LogP contribution in [-0.4, -0.2) is 41.8 Å². The van der Waals surface area contributed by atoms with E-state index in [4.69, 9.17) is 21.1 Å². The second kappa shape index (κ2) is 7.57. The molecule has 0 spiro atoms. The van der Waals surface area contributed by atoms with Gasteiger partial charge in [0.2, 0.25) is 5.91 Å². The predicted octanol–water partition coefficient (Wildman–Crippen LogP) is 4.39. The van der Waals surface area contributed by atoms with Crippen LogP contribution >= 0.6 is 11.6 Å². The van der Waals surface area contributed by atoms with Gasteiger partial charge in [0.05, 0.1) is 11.6 Å². The summed E-state index contributed by atoms with van der Waals surface area (Å²) < 4.78 is 10.9. The molecule has 1 aromatic rings. The Balaban J connectivity index is 1.84. The molecule has 2 fully saturated rings. The standard InChI is InChI=1S/C20H26ClNO4/c1-13-12-25-19(24)22(13)18(23)10-17(14-4-6-16(21)7-5-14)15-8-9-26-20(2,3)11-15/h4-7,13,15,17H,8-12H2,1-3H3. The molecule has 2 saturated heterocycles. The zero-order valence-electron chi connectivity index (χ0n) is 15.5. The van der Waals surface area contributed by atoms with E-state index in [9.17, 15) is 9.59 Å². The molecule has 3 rings (SSSR count). The molecule has 3 atom stereocenters. The molecular formula is C20H26ClNO4. The number of hydrogen-bond donors (Lipinski definition) is 0. The first-order chi connectivity index (χ1) is 12.3. The molecule has 2 amide bonds. The summed E-state index contributed by atoms with van der Waals surface area (Å²) in [6.07, 6.45) is 1.50. The lowest BCUT2D eigenvalue weighted by Crippen LogP contribution is -2.40. The van der Waals surface area contributed by atoms with Gasteiger partial charge in [0.1, 0.15) is 6.61 Å². The Morgan fingerprint density at radius 2 is 2.04 bits per heavy atom. The highest BCUT2D eigenvalue weighted by molar-refractivity contribution is 6.30. The number of carbonyl (C=O) groups is 2. The van der Waals surface area contributed by atoms with E-state index in [1.54, 1.807) is 0 Å². The van der Waals surface area contributed by atoms with Gasteiger partial charge >= 0.3 is 6.09 Å². The van der Waals surface area contributed by atoms with Crippen LogP contribution in [0.25, 0.3) is 0 Å². The van der Waals surface area contributed by atoms with Gasteiger partial charge in [0.25, 0.3) is 0 Å². The molecule has 142 valence electrons. The van der Waals surface area contributed by atoms with E-state index in [2.05, 4.69) is 13.8 Å². The third-order valence-electron chi connectivity index (χ3n) is 5.35. The molecule has 0 radical (unpaired) electrons. The first-order valence-corrected chi connectivity index (χ1v) is 9.53. The van der Waals surface area contributed by atoms with E-state index >= 15 is 0 Å². The highest BCUT2D eigenvalue weighted by atomic mass is 35.5. The van der Waals surface area contributed by atoms with Gasteiger partial charge in [-0.1, -0.05) is 23.7 Å². The van der Waals surface area contributed by atoms with Crippen molar-refractivity contribution in [2.75, 3.05) is 13.2 Å². The van der Waals surface area contributed by atoms with Crippen molar-refractivity contribution >= 4 is 23.6 Å². The summed E-state index contributed by atoms with van der Waals surface area (Å²) in [5, 5.41) is 0.669. The van der Waals surface area contributed by atoms with Crippen molar-refractivity contribution < 1.29 is 19.1 Å². The number of nitrogens with zero attached hydrogens (tertiary/aromatic N) is 1. The molecular weight excluding hydrogens is 354 g/mol. The normalized spacial score (nSPS) is 26.5. The Hall–Kier alpha value is -1.59. The number of carbonyl (C=O) groups excluding carboxylic acids is 2. The van der Waals surface area contributed by atoms with Crippen LogP contribution in [0.1, 0.15) is 51.5 Å². The van der Waals surface area contributed by atoms with Crippen LogP contribution in [0.4, 0.5) is 4.79 Å². The topological polar surface area (TPSA) is 55.8 Å². The van der Waals surface area contributed by atoms with Crippen molar-refractivity contribution in [2.24, 2.45) is 5.92 Å². The molecule has 2 aliphatic rings. The van der Waals surface area contributed by atoms with Crippen LogP contribution in [-0.2, 0) is 14.3 Å². The summed E-state index contributed by atoms with van der Waals surface area (Å²) in [5.41, 5.74) is 0.863. The fourth-order valence-corrected chi connectivity index (χ4v) is 4.17. The van der Waals surface area contributed by atoms with Gasteiger partial charge in [-0.05, 0) is 63.1 Å². The lowest BCUT2D eigenvalue weighted by atomic mass is 9.75. The summed E-state index contributed by atoms with van der Waals surface area (Å²) in [5.74, 6) is 0.144. The summed E-state index contributed by atoms with van der Waals surface area (Å²) >= 11 is 6.04. The Morgan fingerprint density at radius 1 is 1.35 bits per heavy atom. The fraction of sp³-hybridized carbons (Fsp3) is 0.600. The maximum atomic E-state index is 12.9. The molecule has 0 bridgehead atoms. The average Bonchev–Trinajstić information content (AvgIpc) is 2.91. The molecule has 2 aliphatic heterocycles. The van der Waals surface area contributed by atoms with Crippen LogP contribution in [0.5, 0.6) is 0 Å². The largest absolute Gasteiger partial charge is 0.447 e. The summed E-state index contributed by atoms with van der Waals surface area (Å²) in [6, 6.07) is 7.45. The number of imide groups is 1. The minimum absolute atomic E-state index is 0.0172. The molecule has 6 heteroatoms. The van der Waals surface area contributed by atoms with Crippen molar-refractivity contribution in [1.29, 1.82) is 0 Å². The second-order valence-corrected chi connectivity index (χ2v) is 8.35. The SMILES string of the molecule is CC1COC(=O)N1C(=O)CC(c1ccc(Cl)cc1)C1CCOC(C)(C)C1. The number of rotatable bonds is 4. The van der Waals surface area contributed by atoms with E-state index in [-0.39, 0.29) is 36.5 Å². The van der Waals surface area contributed by atoms with Crippen LogP contribution in [0.2, 0.25) is 5.02 Å². The van der Waals surface area contributed by atoms with E-state index in [0.29, 0.717) is 17.5 Å². The molecule has 0 saturated carbocycles. The quantitative estimate of drug-likeness (QED) is 0.778. The summed E-state index contributed by atoms with van der Waals surface area (Å²) in [7, 11) is 0. The Bertz CT molecular complexity index is 673. The van der Waals surface area contributed by atoms with Gasteiger partial charge in [-0.25, -0.2) is 9.69 Å². The van der Waals surface area contributed by atoms with Crippen molar-refractivity contribution in [1.82, 2.24) is 4.90 Å². The third kappa shape index (κ3) is 4.21. The van der Waals surface area contributed by atoms with Crippen LogP contribution in [0, 0.1) is 5.92 Å². The average molecular weight is 380 g/mol. The van der Waals surface area contributed by atoms with Crippen LogP contribution in [0.3, 0.4) is 0 Å². The van der Waals surface area contributed by atoms with E-state index in [1.807, 2.05) is 31.2 Å². The highest BCUT2D eigenvalue weighted by Gasteiger charge is 2.39. The molecule has 0 N–H and O–H groups in total. The number of amides is 2. The number of cyclic esters (lactones) is 1. The zero-order chi connectivity index (χ0) is 18.9. The fourth-order valence-electron chi connectivity index (χ4n) is 4.04. The smallest absolute Gasteiger partial charge is 0.416 e. The van der Waals surface area contributed by atoms with Crippen molar-refractivity contribution in [3.63, 3.8) is 0 Å². The van der Waals surface area contributed by atoms with Crippen molar-refractivity contribution in [3.05, 3.63) is 34.9 Å². The minimum atomic E-state index is -0.537. The zero-order valence-corrected chi connectivity index (χ0v) is 16.3. The molecule has 0 aromatic heterocycles. The minimum Gasteiger partial charge on any atom is -0.447 e. The lowest BCUT2D eigenvalue weighted by molar-refractivity contribution is -0.130. The van der Waals surface area contributed by atoms with Gasteiger partial charge in [-0.15, -0.1) is 0 Å². The number of hydrogen-bond acceptors (Lipinski definition) is 4. The molecule has 26 heavy (non-hydrogen) atoms. The van der Waals surface area contributed by atoms with Crippen LogP contribution in [0.15, 0.2) is 24.3 Å². The van der Waals surface area contributed by atoms with Gasteiger partial charge < -0.3 is 9.47 Å². The molecule has 5 nitrogen and oxygen atoms in total. The van der Waals surface area contributed by atoms with E-state index in [0.717, 1.165) is 18.4 Å². The number of benzene rings is 1. The van der Waals surface area contributed by atoms with Crippen molar-refractivity contribution in [2.45, 2.75) is 57.6 Å². The maximum Gasteiger partial charge on any atom is 0.416 e. The highest BCUT2D eigenvalue weighted by Crippen LogP contribution is 2.40. The second-order valence-electron chi connectivity index (χ2n) is 7.91. The molecule has 1 aromatic carbocycles. The van der Waals surface area contributed by atoms with Crippen molar-refractivity contribution in [3.8, 4) is 0 Å². The molecule has 0 aliphatic carbocycles. The maximum absolute atomic E-state index is 12.9. The first kappa shape index (κ1) is 19.2. The Labute approximate surface area is 159 Å². The first-order valence-electron chi connectivity index (χ1n) is 9.15. The molecule has 3 unspecified atom stereocenters.